The van der Waals surface area contributed by atoms with Crippen LogP contribution in [0.4, 0.5) is 4.79 Å². The minimum Gasteiger partial charge on any atom is -0.465 e. The lowest BCUT2D eigenvalue weighted by atomic mass is 10.0. The Balaban J connectivity index is 1.30. The fourth-order valence-corrected chi connectivity index (χ4v) is 4.58. The van der Waals surface area contributed by atoms with Gasteiger partial charge in [0, 0.05) is 35.6 Å². The van der Waals surface area contributed by atoms with Crippen molar-refractivity contribution < 1.29 is 9.90 Å². The maximum atomic E-state index is 11.5. The Morgan fingerprint density at radius 3 is 2.85 bits per heavy atom. The summed E-state index contributed by atoms with van der Waals surface area (Å²) < 4.78 is 0. The molecule has 1 saturated carbocycles. The standard InChI is InChI=1S/C24H25N7O2/c32-24(33)31-10-2-5-20(31)23-26-22(29-30-23)16-6-9-19-18(12-16)21(28-27-19)15-4-1-3-14(11-15)13-25-17-7-8-17/h1,3-4,6,9,11-12,17,20,25H,2,5,7-8,10,13H2,(H,27,28)(H,32,33)(H,26,29,30). The Morgan fingerprint density at radius 2 is 2.00 bits per heavy atom. The van der Waals surface area contributed by atoms with E-state index in [1.165, 1.54) is 23.3 Å². The molecule has 0 radical (unpaired) electrons. The highest BCUT2D eigenvalue weighted by Crippen LogP contribution is 2.33. The van der Waals surface area contributed by atoms with Gasteiger partial charge < -0.3 is 10.4 Å². The number of carbonyl (C=O) groups is 1. The number of amides is 1. The summed E-state index contributed by atoms with van der Waals surface area (Å²) in [7, 11) is 0. The smallest absolute Gasteiger partial charge is 0.407 e. The molecular formula is C24H25N7O2. The van der Waals surface area contributed by atoms with Crippen molar-refractivity contribution in [1.82, 2.24) is 35.6 Å². The number of aromatic nitrogens is 5. The molecule has 0 spiro atoms. The third kappa shape index (κ3) is 3.84. The molecule has 2 fully saturated rings. The number of nitrogens with one attached hydrogen (secondary N) is 3. The number of likely N-dealkylation sites (tertiary alicyclic amines) is 1. The molecule has 1 aliphatic heterocycles. The SMILES string of the molecule is O=C(O)N1CCCC1c1nc(-c2ccc3[nH]nc(-c4cccc(CNC5CC5)c4)c3c2)n[nH]1. The van der Waals surface area contributed by atoms with Crippen LogP contribution in [0.2, 0.25) is 0 Å². The van der Waals surface area contributed by atoms with Crippen LogP contribution in [0.3, 0.4) is 0 Å². The number of benzene rings is 2. The van der Waals surface area contributed by atoms with Crippen LogP contribution in [0, 0.1) is 0 Å². The Morgan fingerprint density at radius 1 is 1.09 bits per heavy atom. The Bertz CT molecular complexity index is 1320. The topological polar surface area (TPSA) is 123 Å². The van der Waals surface area contributed by atoms with Crippen molar-refractivity contribution in [2.75, 3.05) is 6.54 Å². The fourth-order valence-electron chi connectivity index (χ4n) is 4.58. The number of fused-ring (bicyclic) bond motifs is 1. The second-order valence-electron chi connectivity index (χ2n) is 8.87. The average Bonchev–Trinajstić information content (AvgIpc) is 3.22. The lowest BCUT2D eigenvalue weighted by Gasteiger charge is -2.18. The van der Waals surface area contributed by atoms with E-state index in [4.69, 9.17) is 0 Å². The quantitative estimate of drug-likeness (QED) is 0.356. The Hall–Kier alpha value is -3.72. The van der Waals surface area contributed by atoms with Gasteiger partial charge in [-0.2, -0.15) is 10.2 Å². The van der Waals surface area contributed by atoms with Crippen molar-refractivity contribution in [3.63, 3.8) is 0 Å². The summed E-state index contributed by atoms with van der Waals surface area (Å²) in [5.74, 6) is 1.15. The second-order valence-corrected chi connectivity index (χ2v) is 8.87. The molecule has 3 heterocycles. The van der Waals surface area contributed by atoms with Gasteiger partial charge in [0.2, 0.25) is 0 Å². The lowest BCUT2D eigenvalue weighted by molar-refractivity contribution is 0.138. The maximum absolute atomic E-state index is 11.5. The van der Waals surface area contributed by atoms with Crippen LogP contribution in [0.1, 0.15) is 43.1 Å². The van der Waals surface area contributed by atoms with Crippen molar-refractivity contribution in [1.29, 1.82) is 0 Å². The molecule has 1 amide bonds. The molecule has 2 aromatic carbocycles. The van der Waals surface area contributed by atoms with Gasteiger partial charge in [-0.15, -0.1) is 0 Å². The molecule has 4 aromatic rings. The highest BCUT2D eigenvalue weighted by atomic mass is 16.4. The molecule has 2 aliphatic rings. The first kappa shape index (κ1) is 19.9. The number of H-pyrrole nitrogens is 2. The summed E-state index contributed by atoms with van der Waals surface area (Å²) >= 11 is 0. The van der Waals surface area contributed by atoms with Crippen LogP contribution in [0.15, 0.2) is 42.5 Å². The van der Waals surface area contributed by atoms with Crippen molar-refractivity contribution in [3.05, 3.63) is 53.9 Å². The van der Waals surface area contributed by atoms with Gasteiger partial charge >= 0.3 is 6.09 Å². The molecule has 2 aromatic heterocycles. The highest BCUT2D eigenvalue weighted by molar-refractivity contribution is 5.95. The maximum Gasteiger partial charge on any atom is 0.407 e. The van der Waals surface area contributed by atoms with E-state index >= 15 is 0 Å². The number of hydrogen-bond acceptors (Lipinski definition) is 5. The van der Waals surface area contributed by atoms with Gasteiger partial charge in [0.1, 0.15) is 5.82 Å². The number of nitrogens with zero attached hydrogens (tertiary/aromatic N) is 4. The minimum absolute atomic E-state index is 0.274. The van der Waals surface area contributed by atoms with E-state index in [2.05, 4.69) is 55.0 Å². The van der Waals surface area contributed by atoms with Crippen LogP contribution in [-0.2, 0) is 6.54 Å². The normalized spacial score (nSPS) is 18.3. The summed E-state index contributed by atoms with van der Waals surface area (Å²) in [4.78, 5) is 17.6. The van der Waals surface area contributed by atoms with E-state index in [0.29, 0.717) is 24.2 Å². The third-order valence-electron chi connectivity index (χ3n) is 6.51. The van der Waals surface area contributed by atoms with Crippen LogP contribution >= 0.6 is 0 Å². The number of hydrogen-bond donors (Lipinski definition) is 4. The number of rotatable bonds is 6. The van der Waals surface area contributed by atoms with E-state index in [1.807, 2.05) is 18.2 Å². The summed E-state index contributed by atoms with van der Waals surface area (Å²) in [6.07, 6.45) is 3.19. The first-order valence-corrected chi connectivity index (χ1v) is 11.4. The van der Waals surface area contributed by atoms with Gasteiger partial charge in [0.15, 0.2) is 5.82 Å². The van der Waals surface area contributed by atoms with E-state index < -0.39 is 6.09 Å². The Labute approximate surface area is 190 Å². The molecule has 0 bridgehead atoms. The summed E-state index contributed by atoms with van der Waals surface area (Å²) in [5.41, 5.74) is 5.00. The van der Waals surface area contributed by atoms with E-state index in [0.717, 1.165) is 47.1 Å². The lowest BCUT2D eigenvalue weighted by Crippen LogP contribution is -2.29. The first-order chi connectivity index (χ1) is 16.2. The first-order valence-electron chi connectivity index (χ1n) is 11.4. The van der Waals surface area contributed by atoms with Crippen LogP contribution in [0.5, 0.6) is 0 Å². The van der Waals surface area contributed by atoms with Crippen LogP contribution in [0.25, 0.3) is 33.5 Å². The predicted octanol–water partition coefficient (Wildman–Crippen LogP) is 4.08. The van der Waals surface area contributed by atoms with Gasteiger partial charge in [0.25, 0.3) is 0 Å². The average molecular weight is 444 g/mol. The van der Waals surface area contributed by atoms with Gasteiger partial charge in [-0.3, -0.25) is 15.1 Å². The molecule has 4 N–H and O–H groups in total. The van der Waals surface area contributed by atoms with Crippen molar-refractivity contribution in [3.8, 4) is 22.6 Å². The zero-order chi connectivity index (χ0) is 22.4. The third-order valence-corrected chi connectivity index (χ3v) is 6.51. The molecule has 1 unspecified atom stereocenters. The molecule has 1 aliphatic carbocycles. The second kappa shape index (κ2) is 8.00. The molecule has 1 saturated heterocycles. The number of carboxylic acid groups (broad SMARTS) is 1. The van der Waals surface area contributed by atoms with Crippen molar-refractivity contribution >= 4 is 17.0 Å². The zero-order valence-electron chi connectivity index (χ0n) is 18.1. The fraction of sp³-hybridized carbons (Fsp3) is 0.333. The number of aromatic amines is 2. The van der Waals surface area contributed by atoms with Gasteiger partial charge in [-0.05, 0) is 55.5 Å². The molecular weight excluding hydrogens is 418 g/mol. The van der Waals surface area contributed by atoms with E-state index in [1.54, 1.807) is 0 Å². The molecule has 9 nitrogen and oxygen atoms in total. The summed E-state index contributed by atoms with van der Waals surface area (Å²) in [6, 6.07) is 14.8. The van der Waals surface area contributed by atoms with E-state index in [9.17, 15) is 9.90 Å². The molecule has 33 heavy (non-hydrogen) atoms. The Kier molecular flexibility index (Phi) is 4.83. The van der Waals surface area contributed by atoms with Crippen LogP contribution in [-0.4, -0.2) is 54.1 Å². The van der Waals surface area contributed by atoms with Gasteiger partial charge in [-0.1, -0.05) is 18.2 Å². The summed E-state index contributed by atoms with van der Waals surface area (Å²) in [6.45, 7) is 1.39. The molecule has 1 atom stereocenters. The minimum atomic E-state index is -0.922. The predicted molar refractivity (Wildman–Crippen MR) is 123 cm³/mol. The highest BCUT2D eigenvalue weighted by Gasteiger charge is 2.32. The van der Waals surface area contributed by atoms with Crippen molar-refractivity contribution in [2.45, 2.75) is 44.3 Å². The van der Waals surface area contributed by atoms with E-state index in [-0.39, 0.29) is 6.04 Å². The monoisotopic (exact) mass is 443 g/mol. The zero-order valence-corrected chi connectivity index (χ0v) is 18.1. The van der Waals surface area contributed by atoms with Crippen molar-refractivity contribution in [2.24, 2.45) is 0 Å². The van der Waals surface area contributed by atoms with Crippen LogP contribution < -0.4 is 5.32 Å². The van der Waals surface area contributed by atoms with Gasteiger partial charge in [0.05, 0.1) is 17.3 Å². The van der Waals surface area contributed by atoms with Gasteiger partial charge in [-0.25, -0.2) is 9.78 Å². The molecule has 9 heteroatoms. The molecule has 168 valence electrons. The summed E-state index contributed by atoms with van der Waals surface area (Å²) in [5, 5.41) is 29.0. The molecule has 6 rings (SSSR count). The largest absolute Gasteiger partial charge is 0.465 e.